The van der Waals surface area contributed by atoms with Gasteiger partial charge in [0.2, 0.25) is 6.23 Å². The fraction of sp³-hybridized carbons (Fsp3) is 0.625. The molecule has 0 amide bonds. The molecule has 2 rings (SSSR count). The van der Waals surface area contributed by atoms with Crippen molar-refractivity contribution in [2.45, 2.75) is 23.8 Å². The molecule has 0 radical (unpaired) electrons. The second-order valence-electron chi connectivity index (χ2n) is 3.57. The van der Waals surface area contributed by atoms with Gasteiger partial charge in [0.25, 0.3) is 0 Å². The van der Waals surface area contributed by atoms with Crippen LogP contribution in [-0.4, -0.2) is 48.9 Å². The van der Waals surface area contributed by atoms with Crippen molar-refractivity contribution in [2.75, 3.05) is 6.61 Å². The second-order valence-corrected chi connectivity index (χ2v) is 4.08. The zero-order chi connectivity index (χ0) is 12.6. The molecule has 1 aliphatic heterocycles. The summed E-state index contributed by atoms with van der Waals surface area (Å²) < 4.78 is 6.34. The number of rotatable bonds is 3. The molecule has 9 heteroatoms. The van der Waals surface area contributed by atoms with Crippen LogP contribution in [0.3, 0.4) is 0 Å². The molecular weight excluding hydrogens is 254 g/mol. The van der Waals surface area contributed by atoms with Crippen molar-refractivity contribution in [1.29, 1.82) is 0 Å². The number of hydrogen-bond acceptors (Lipinski definition) is 6. The summed E-state index contributed by atoms with van der Waals surface area (Å²) in [5.41, 5.74) is 0. The van der Waals surface area contributed by atoms with Gasteiger partial charge in [-0.1, -0.05) is 4.98 Å². The normalized spacial score (nSPS) is 32.9. The van der Waals surface area contributed by atoms with Crippen LogP contribution in [0.5, 0.6) is 0 Å². The Hall–Kier alpha value is -1.22. The highest BCUT2D eigenvalue weighted by Crippen LogP contribution is 2.34. The van der Waals surface area contributed by atoms with Gasteiger partial charge < -0.3 is 25.1 Å². The molecule has 8 nitrogen and oxygen atoms in total. The van der Waals surface area contributed by atoms with Crippen molar-refractivity contribution in [2.24, 2.45) is 0 Å². The van der Waals surface area contributed by atoms with Crippen molar-refractivity contribution in [3.05, 3.63) is 22.5 Å². The molecule has 0 aliphatic carbocycles. The van der Waals surface area contributed by atoms with Crippen molar-refractivity contribution in [3.63, 3.8) is 0 Å². The number of ether oxygens (including phenoxy) is 1. The Labute approximate surface area is 101 Å². The minimum absolute atomic E-state index is 0.371. The Morgan fingerprint density at radius 2 is 2.41 bits per heavy atom. The second kappa shape index (κ2) is 4.57. The van der Waals surface area contributed by atoms with Gasteiger partial charge in [-0.15, -0.1) is 11.6 Å². The molecule has 1 aromatic rings. The van der Waals surface area contributed by atoms with Crippen LogP contribution >= 0.6 is 11.6 Å². The number of alkyl halides is 1. The monoisotopic (exact) mass is 263 g/mol. The van der Waals surface area contributed by atoms with Crippen molar-refractivity contribution in [1.82, 2.24) is 9.55 Å². The summed E-state index contributed by atoms with van der Waals surface area (Å²) in [5.74, 6) is -0.448. The molecule has 1 aromatic heterocycles. The van der Waals surface area contributed by atoms with E-state index in [2.05, 4.69) is 4.98 Å². The first-order valence-corrected chi connectivity index (χ1v) is 5.25. The number of halogens is 1. The van der Waals surface area contributed by atoms with Crippen molar-refractivity contribution in [3.8, 4) is 0 Å². The summed E-state index contributed by atoms with van der Waals surface area (Å²) in [7, 11) is 0. The number of aliphatic hydroxyl groups excluding tert-OH is 2. The number of aromatic nitrogens is 2. The smallest absolute Gasteiger partial charge is 0.394 e. The van der Waals surface area contributed by atoms with Crippen LogP contribution < -0.4 is 0 Å². The molecule has 0 unspecified atom stereocenters. The molecule has 17 heavy (non-hydrogen) atoms. The maximum Gasteiger partial charge on any atom is 0.436 e. The zero-order valence-corrected chi connectivity index (χ0v) is 9.27. The Balaban J connectivity index is 2.29. The highest BCUT2D eigenvalue weighted by atomic mass is 35.5. The Morgan fingerprint density at radius 3 is 2.94 bits per heavy atom. The minimum atomic E-state index is -1.15. The molecule has 2 N–H and O–H groups in total. The largest absolute Gasteiger partial charge is 0.436 e. The van der Waals surface area contributed by atoms with Gasteiger partial charge in [-0.2, -0.15) is 4.57 Å². The predicted molar refractivity (Wildman–Crippen MR) is 55.5 cm³/mol. The van der Waals surface area contributed by atoms with E-state index < -0.39 is 34.7 Å². The SMILES string of the molecule is O=[N+]([O-])c1nccn1[C@@H]1O[C@H](CO)[C@@H](Cl)[C@@H]1O. The molecule has 0 saturated carbocycles. The van der Waals surface area contributed by atoms with E-state index in [1.54, 1.807) is 0 Å². The molecule has 0 aromatic carbocycles. The van der Waals surface area contributed by atoms with Gasteiger partial charge in [-0.05, 0) is 4.92 Å². The predicted octanol–water partition coefficient (Wildman–Crippen LogP) is -0.351. The zero-order valence-electron chi connectivity index (χ0n) is 8.51. The topological polar surface area (TPSA) is 111 Å². The molecule has 1 fully saturated rings. The lowest BCUT2D eigenvalue weighted by atomic mass is 10.2. The minimum Gasteiger partial charge on any atom is -0.394 e. The average molecular weight is 264 g/mol. The molecule has 2 heterocycles. The molecular formula is C8H10ClN3O5. The number of hydrogen-bond donors (Lipinski definition) is 2. The lowest BCUT2D eigenvalue weighted by Gasteiger charge is -2.13. The molecule has 0 spiro atoms. The van der Waals surface area contributed by atoms with Crippen LogP contribution in [0, 0.1) is 10.1 Å². The van der Waals surface area contributed by atoms with Crippen molar-refractivity contribution < 1.29 is 19.9 Å². The first kappa shape index (κ1) is 12.2. The van der Waals surface area contributed by atoms with E-state index in [-0.39, 0.29) is 6.61 Å². The van der Waals surface area contributed by atoms with Crippen LogP contribution in [0.2, 0.25) is 0 Å². The third kappa shape index (κ3) is 2.00. The summed E-state index contributed by atoms with van der Waals surface area (Å²) in [6.45, 7) is -0.371. The fourth-order valence-corrected chi connectivity index (χ4v) is 1.99. The Kier molecular flexibility index (Phi) is 3.29. The van der Waals surface area contributed by atoms with Gasteiger partial charge >= 0.3 is 5.95 Å². The standard InChI is InChI=1S/C8H10ClN3O5/c9-5-4(3-13)17-7(6(5)14)11-2-1-10-8(11)12(15)16/h1-2,4-7,13-14H,3H2/t4-,5-,6+,7-/m1/s1. The molecule has 4 atom stereocenters. The number of aliphatic hydroxyl groups is 2. The average Bonchev–Trinajstić information content (AvgIpc) is 2.86. The van der Waals surface area contributed by atoms with E-state index >= 15 is 0 Å². The third-order valence-electron chi connectivity index (χ3n) is 2.55. The quantitative estimate of drug-likeness (QED) is 0.438. The third-order valence-corrected chi connectivity index (χ3v) is 3.09. The van der Waals surface area contributed by atoms with Gasteiger partial charge in [0.1, 0.15) is 24.6 Å². The van der Waals surface area contributed by atoms with Crippen molar-refractivity contribution >= 4 is 17.5 Å². The first-order chi connectivity index (χ1) is 8.06. The van der Waals surface area contributed by atoms with Crippen LogP contribution in [0.4, 0.5) is 5.95 Å². The van der Waals surface area contributed by atoms with Crippen LogP contribution in [0.1, 0.15) is 6.23 Å². The van der Waals surface area contributed by atoms with E-state index in [0.717, 1.165) is 4.57 Å². The molecule has 1 saturated heterocycles. The van der Waals surface area contributed by atoms with E-state index in [4.69, 9.17) is 21.4 Å². The van der Waals surface area contributed by atoms with E-state index in [0.29, 0.717) is 0 Å². The molecule has 94 valence electrons. The maximum absolute atomic E-state index is 10.7. The highest BCUT2D eigenvalue weighted by Gasteiger charge is 2.46. The molecule has 0 bridgehead atoms. The maximum atomic E-state index is 10.7. The van der Waals surface area contributed by atoms with Crippen LogP contribution in [0.15, 0.2) is 12.4 Å². The number of nitrogens with zero attached hydrogens (tertiary/aromatic N) is 3. The summed E-state index contributed by atoms with van der Waals surface area (Å²) in [4.78, 5) is 13.5. The van der Waals surface area contributed by atoms with E-state index in [1.165, 1.54) is 12.4 Å². The Bertz CT molecular complexity index is 425. The Morgan fingerprint density at radius 1 is 1.71 bits per heavy atom. The number of nitro groups is 1. The summed E-state index contributed by atoms with van der Waals surface area (Å²) in [5, 5.41) is 28.6. The molecule has 1 aliphatic rings. The first-order valence-electron chi connectivity index (χ1n) is 4.82. The summed E-state index contributed by atoms with van der Waals surface area (Å²) in [6.07, 6.45) is -0.392. The fourth-order valence-electron chi connectivity index (χ4n) is 1.73. The summed E-state index contributed by atoms with van der Waals surface area (Å²) in [6, 6.07) is 0. The van der Waals surface area contributed by atoms with Gasteiger partial charge in [0.15, 0.2) is 0 Å². The van der Waals surface area contributed by atoms with E-state index in [1.807, 2.05) is 0 Å². The van der Waals surface area contributed by atoms with Gasteiger partial charge in [0, 0.05) is 0 Å². The summed E-state index contributed by atoms with van der Waals surface area (Å²) >= 11 is 5.83. The lowest BCUT2D eigenvalue weighted by Crippen LogP contribution is -2.28. The van der Waals surface area contributed by atoms with E-state index in [9.17, 15) is 15.2 Å². The van der Waals surface area contributed by atoms with Crippen LogP contribution in [0.25, 0.3) is 0 Å². The van der Waals surface area contributed by atoms with Gasteiger partial charge in [-0.3, -0.25) is 0 Å². The lowest BCUT2D eigenvalue weighted by molar-refractivity contribution is -0.398. The highest BCUT2D eigenvalue weighted by molar-refractivity contribution is 6.21. The van der Waals surface area contributed by atoms with Gasteiger partial charge in [-0.25, -0.2) is 0 Å². The van der Waals surface area contributed by atoms with Crippen LogP contribution in [-0.2, 0) is 4.74 Å². The number of imidazole rings is 1. The van der Waals surface area contributed by atoms with Gasteiger partial charge in [0.05, 0.1) is 12.0 Å².